The highest BCUT2D eigenvalue weighted by atomic mass is 35.5. The zero-order chi connectivity index (χ0) is 14.5. The molecule has 1 aromatic carbocycles. The topological polar surface area (TPSA) is 84.2 Å². The van der Waals surface area contributed by atoms with Crippen molar-refractivity contribution < 1.29 is 8.42 Å². The minimum absolute atomic E-state index is 0.0275. The third-order valence-electron chi connectivity index (χ3n) is 2.30. The monoisotopic (exact) mass is 321 g/mol. The lowest BCUT2D eigenvalue weighted by molar-refractivity contribution is 0.584. The summed E-state index contributed by atoms with van der Waals surface area (Å²) in [4.78, 5) is 0.208. The third kappa shape index (κ3) is 5.32. The van der Waals surface area contributed by atoms with E-state index in [1.807, 2.05) is 0 Å². The van der Waals surface area contributed by atoms with Crippen molar-refractivity contribution in [3.8, 4) is 0 Å². The minimum Gasteiger partial charge on any atom is -0.389 e. The van der Waals surface area contributed by atoms with Gasteiger partial charge in [0.15, 0.2) is 0 Å². The fraction of sp³-hybridized carbons (Fsp3) is 0.364. The number of halogens is 1. The molecule has 1 rings (SSSR count). The fourth-order valence-electron chi connectivity index (χ4n) is 1.49. The van der Waals surface area contributed by atoms with Crippen molar-refractivity contribution in [1.82, 2.24) is 4.72 Å². The number of hydrogen-bond donors (Lipinski definition) is 3. The van der Waals surface area contributed by atoms with Crippen LogP contribution in [0.5, 0.6) is 0 Å². The Kier molecular flexibility index (Phi) is 5.99. The number of thiocarbonyl (C=S) groups is 1. The Morgan fingerprint density at radius 1 is 1.47 bits per heavy atom. The molecule has 0 fully saturated rings. The van der Waals surface area contributed by atoms with Crippen molar-refractivity contribution in [3.63, 3.8) is 0 Å². The van der Waals surface area contributed by atoms with E-state index >= 15 is 0 Å². The Morgan fingerprint density at radius 2 is 2.16 bits per heavy atom. The molecule has 0 aliphatic carbocycles. The van der Waals surface area contributed by atoms with Crippen LogP contribution >= 0.6 is 23.8 Å². The van der Waals surface area contributed by atoms with E-state index in [0.29, 0.717) is 22.8 Å². The molecular formula is C11H16ClN3O2S2. The second-order valence-corrected chi connectivity index (χ2v) is 6.60. The first kappa shape index (κ1) is 16.2. The van der Waals surface area contributed by atoms with Gasteiger partial charge in [-0.25, -0.2) is 13.1 Å². The summed E-state index contributed by atoms with van der Waals surface area (Å²) in [5, 5.41) is 3.51. The zero-order valence-corrected chi connectivity index (χ0v) is 12.8. The number of benzene rings is 1. The summed E-state index contributed by atoms with van der Waals surface area (Å²) in [6, 6.07) is 5.05. The van der Waals surface area contributed by atoms with Crippen molar-refractivity contribution in [2.75, 3.05) is 24.2 Å². The molecule has 19 heavy (non-hydrogen) atoms. The molecule has 0 atom stereocenters. The van der Waals surface area contributed by atoms with Crippen LogP contribution in [0.2, 0.25) is 5.02 Å². The Bertz CT molecular complexity index is 561. The van der Waals surface area contributed by atoms with Crippen LogP contribution in [0.15, 0.2) is 18.2 Å². The van der Waals surface area contributed by atoms with Crippen molar-refractivity contribution >= 4 is 44.5 Å². The van der Waals surface area contributed by atoms with Gasteiger partial charge in [-0.3, -0.25) is 0 Å². The van der Waals surface area contributed by atoms with Gasteiger partial charge in [-0.05, 0) is 18.2 Å². The summed E-state index contributed by atoms with van der Waals surface area (Å²) >= 11 is 10.8. The quantitative estimate of drug-likeness (QED) is 0.660. The maximum Gasteiger partial charge on any atom is 0.213 e. The molecule has 0 saturated heterocycles. The first-order chi connectivity index (χ1) is 8.85. The van der Waals surface area contributed by atoms with Crippen LogP contribution < -0.4 is 15.8 Å². The van der Waals surface area contributed by atoms with E-state index in [2.05, 4.69) is 10.0 Å². The van der Waals surface area contributed by atoms with Gasteiger partial charge in [0.05, 0.1) is 5.75 Å². The van der Waals surface area contributed by atoms with E-state index in [0.717, 1.165) is 0 Å². The van der Waals surface area contributed by atoms with Crippen LogP contribution in [-0.4, -0.2) is 32.2 Å². The van der Waals surface area contributed by atoms with Gasteiger partial charge in [-0.2, -0.15) is 0 Å². The average Bonchev–Trinajstić information content (AvgIpc) is 2.30. The van der Waals surface area contributed by atoms with E-state index in [-0.39, 0.29) is 17.3 Å². The Labute approximate surface area is 123 Å². The highest BCUT2D eigenvalue weighted by Crippen LogP contribution is 2.20. The van der Waals surface area contributed by atoms with E-state index in [4.69, 9.17) is 29.6 Å². The van der Waals surface area contributed by atoms with E-state index in [1.165, 1.54) is 0 Å². The van der Waals surface area contributed by atoms with Crippen LogP contribution in [0.3, 0.4) is 0 Å². The Morgan fingerprint density at radius 3 is 2.74 bits per heavy atom. The maximum atomic E-state index is 11.5. The number of rotatable bonds is 7. The van der Waals surface area contributed by atoms with Crippen LogP contribution in [0.1, 0.15) is 12.5 Å². The van der Waals surface area contributed by atoms with Crippen LogP contribution in [-0.2, 0) is 10.0 Å². The molecule has 0 heterocycles. The third-order valence-corrected chi connectivity index (χ3v) is 4.22. The number of hydrogen-bond acceptors (Lipinski definition) is 4. The molecule has 0 spiro atoms. The molecule has 1 aromatic rings. The van der Waals surface area contributed by atoms with Gasteiger partial charge in [0.2, 0.25) is 10.0 Å². The largest absolute Gasteiger partial charge is 0.389 e. The molecule has 0 aliphatic rings. The number of anilines is 1. The maximum absolute atomic E-state index is 11.5. The standard InChI is InChI=1S/C11H16ClN3O2S2/c1-2-15-19(16,17)6-5-14-10-4-3-8(12)7-9(10)11(13)18/h3-4,7,14-15H,2,5-6H2,1H3,(H2,13,18). The highest BCUT2D eigenvalue weighted by Gasteiger charge is 2.10. The molecule has 5 nitrogen and oxygen atoms in total. The Hall–Kier alpha value is -0.890. The zero-order valence-electron chi connectivity index (χ0n) is 10.4. The predicted molar refractivity (Wildman–Crippen MR) is 83.3 cm³/mol. The molecule has 8 heteroatoms. The molecule has 0 saturated carbocycles. The Balaban J connectivity index is 2.71. The van der Waals surface area contributed by atoms with Gasteiger partial charge >= 0.3 is 0 Å². The van der Waals surface area contributed by atoms with Gasteiger partial charge in [0.1, 0.15) is 4.99 Å². The molecule has 106 valence electrons. The summed E-state index contributed by atoms with van der Waals surface area (Å²) < 4.78 is 25.4. The van der Waals surface area contributed by atoms with Gasteiger partial charge in [-0.15, -0.1) is 0 Å². The number of nitrogens with two attached hydrogens (primary N) is 1. The van der Waals surface area contributed by atoms with E-state index in [1.54, 1.807) is 25.1 Å². The normalized spacial score (nSPS) is 11.3. The van der Waals surface area contributed by atoms with E-state index in [9.17, 15) is 8.42 Å². The van der Waals surface area contributed by atoms with Crippen molar-refractivity contribution in [1.29, 1.82) is 0 Å². The lowest BCUT2D eigenvalue weighted by atomic mass is 10.2. The number of sulfonamides is 1. The molecular weight excluding hydrogens is 306 g/mol. The summed E-state index contributed by atoms with van der Waals surface area (Å²) in [5.41, 5.74) is 6.86. The van der Waals surface area contributed by atoms with Crippen molar-refractivity contribution in [2.45, 2.75) is 6.92 Å². The van der Waals surface area contributed by atoms with Crippen LogP contribution in [0.4, 0.5) is 5.69 Å². The first-order valence-electron chi connectivity index (χ1n) is 5.66. The minimum atomic E-state index is -3.25. The molecule has 4 N–H and O–H groups in total. The lowest BCUT2D eigenvalue weighted by Crippen LogP contribution is -2.29. The van der Waals surface area contributed by atoms with Crippen molar-refractivity contribution in [3.05, 3.63) is 28.8 Å². The van der Waals surface area contributed by atoms with E-state index < -0.39 is 10.0 Å². The SMILES string of the molecule is CCNS(=O)(=O)CCNc1ccc(Cl)cc1C(N)=S. The summed E-state index contributed by atoms with van der Waals surface area (Å²) in [7, 11) is -3.25. The summed E-state index contributed by atoms with van der Waals surface area (Å²) in [6.07, 6.45) is 0. The molecule has 0 aliphatic heterocycles. The second kappa shape index (κ2) is 7.04. The molecule has 0 unspecified atom stereocenters. The molecule has 0 amide bonds. The summed E-state index contributed by atoms with van der Waals surface area (Å²) in [5.74, 6) is -0.0275. The lowest BCUT2D eigenvalue weighted by Gasteiger charge is -2.12. The van der Waals surface area contributed by atoms with Gasteiger partial charge in [0.25, 0.3) is 0 Å². The van der Waals surface area contributed by atoms with Crippen LogP contribution in [0, 0.1) is 0 Å². The average molecular weight is 322 g/mol. The number of nitrogens with one attached hydrogen (secondary N) is 2. The molecule has 0 radical (unpaired) electrons. The van der Waals surface area contributed by atoms with Gasteiger partial charge < -0.3 is 11.1 Å². The predicted octanol–water partition coefficient (Wildman–Crippen LogP) is 1.33. The second-order valence-electron chi connectivity index (χ2n) is 3.80. The summed E-state index contributed by atoms with van der Waals surface area (Å²) in [6.45, 7) is 2.36. The van der Waals surface area contributed by atoms with Crippen molar-refractivity contribution in [2.24, 2.45) is 5.73 Å². The van der Waals surface area contributed by atoms with Gasteiger partial charge in [0, 0.05) is 29.4 Å². The highest BCUT2D eigenvalue weighted by molar-refractivity contribution is 7.89. The molecule has 0 aromatic heterocycles. The van der Waals surface area contributed by atoms with Gasteiger partial charge in [-0.1, -0.05) is 30.7 Å². The smallest absolute Gasteiger partial charge is 0.213 e. The fourth-order valence-corrected chi connectivity index (χ4v) is 2.78. The van der Waals surface area contributed by atoms with Crippen LogP contribution in [0.25, 0.3) is 0 Å². The first-order valence-corrected chi connectivity index (χ1v) is 8.10. The molecule has 0 bridgehead atoms.